The van der Waals surface area contributed by atoms with E-state index >= 15 is 0 Å². The van der Waals surface area contributed by atoms with Gasteiger partial charge in [-0.15, -0.1) is 11.8 Å². The lowest BCUT2D eigenvalue weighted by Crippen LogP contribution is -2.36. The van der Waals surface area contributed by atoms with Gasteiger partial charge in [-0.2, -0.15) is 0 Å². The van der Waals surface area contributed by atoms with Crippen molar-refractivity contribution in [1.82, 2.24) is 10.2 Å². The average molecular weight is 272 g/mol. The number of nitrogens with one attached hydrogen (secondary N) is 1. The van der Waals surface area contributed by atoms with Crippen molar-refractivity contribution in [2.45, 2.75) is 26.4 Å². The molecular weight excluding hydrogens is 256 g/mol. The predicted octanol–water partition coefficient (Wildman–Crippen LogP) is 1.82. The molecular formula is C15H16N2O3. The molecule has 20 heavy (non-hydrogen) atoms. The molecule has 1 aliphatic heterocycles. The van der Waals surface area contributed by atoms with Crippen LogP contribution in [-0.4, -0.2) is 28.6 Å². The van der Waals surface area contributed by atoms with Gasteiger partial charge in [0, 0.05) is 26.1 Å². The van der Waals surface area contributed by atoms with Gasteiger partial charge in [0.1, 0.15) is 0 Å². The molecule has 1 aromatic rings. The van der Waals surface area contributed by atoms with Crippen LogP contribution in [0.3, 0.4) is 0 Å². The standard InChI is InChI=1S/C15H16N2O3/c1-2-3-4-7-16-15(20)17-9-12-6-5-11(14(18)19)8-13(12)10-17/h5-6,8H,4,7,9-10H2,1H3,(H,16,20)(H,18,19). The van der Waals surface area contributed by atoms with Crippen LogP contribution in [0.4, 0.5) is 4.79 Å². The average Bonchev–Trinajstić information content (AvgIpc) is 2.86. The van der Waals surface area contributed by atoms with E-state index in [0.717, 1.165) is 11.1 Å². The zero-order chi connectivity index (χ0) is 14.5. The Hall–Kier alpha value is -2.48. The number of carbonyl (C=O) groups is 2. The first-order valence-corrected chi connectivity index (χ1v) is 6.39. The van der Waals surface area contributed by atoms with Crippen molar-refractivity contribution in [3.05, 3.63) is 34.9 Å². The molecule has 1 heterocycles. The molecule has 2 amide bonds. The van der Waals surface area contributed by atoms with E-state index in [0.29, 0.717) is 26.1 Å². The van der Waals surface area contributed by atoms with Crippen molar-refractivity contribution in [3.63, 3.8) is 0 Å². The molecule has 0 saturated heterocycles. The zero-order valence-corrected chi connectivity index (χ0v) is 11.3. The van der Waals surface area contributed by atoms with Crippen LogP contribution < -0.4 is 5.32 Å². The van der Waals surface area contributed by atoms with E-state index < -0.39 is 5.97 Å². The summed E-state index contributed by atoms with van der Waals surface area (Å²) < 4.78 is 0. The van der Waals surface area contributed by atoms with Crippen LogP contribution in [0.25, 0.3) is 0 Å². The second-order valence-electron chi connectivity index (χ2n) is 4.55. The van der Waals surface area contributed by atoms with Gasteiger partial charge < -0.3 is 15.3 Å². The Balaban J connectivity index is 1.96. The smallest absolute Gasteiger partial charge is 0.335 e. The van der Waals surface area contributed by atoms with Crippen molar-refractivity contribution < 1.29 is 14.7 Å². The second kappa shape index (κ2) is 6.11. The minimum absolute atomic E-state index is 0.143. The number of amides is 2. The van der Waals surface area contributed by atoms with Crippen LogP contribution in [-0.2, 0) is 13.1 Å². The first-order valence-electron chi connectivity index (χ1n) is 6.39. The number of carboxylic acid groups (broad SMARTS) is 1. The lowest BCUT2D eigenvalue weighted by molar-refractivity contribution is 0.0696. The molecule has 1 aromatic carbocycles. The van der Waals surface area contributed by atoms with Gasteiger partial charge in [-0.3, -0.25) is 0 Å². The maximum Gasteiger partial charge on any atom is 0.335 e. The molecule has 0 fully saturated rings. The maximum absolute atomic E-state index is 11.9. The van der Waals surface area contributed by atoms with Gasteiger partial charge in [-0.1, -0.05) is 6.07 Å². The highest BCUT2D eigenvalue weighted by atomic mass is 16.4. The highest BCUT2D eigenvalue weighted by Crippen LogP contribution is 2.23. The van der Waals surface area contributed by atoms with E-state index in [1.807, 2.05) is 0 Å². The van der Waals surface area contributed by atoms with E-state index in [4.69, 9.17) is 5.11 Å². The number of benzene rings is 1. The lowest BCUT2D eigenvalue weighted by Gasteiger charge is -2.15. The van der Waals surface area contributed by atoms with Crippen molar-refractivity contribution in [2.75, 3.05) is 6.54 Å². The van der Waals surface area contributed by atoms with Crippen LogP contribution in [0.1, 0.15) is 34.8 Å². The third-order valence-electron chi connectivity index (χ3n) is 3.17. The summed E-state index contributed by atoms with van der Waals surface area (Å²) in [5.74, 6) is 4.70. The highest BCUT2D eigenvalue weighted by Gasteiger charge is 2.23. The zero-order valence-electron chi connectivity index (χ0n) is 11.3. The van der Waals surface area contributed by atoms with Gasteiger partial charge in [0.25, 0.3) is 0 Å². The number of fused-ring (bicyclic) bond motifs is 1. The molecule has 2 N–H and O–H groups in total. The molecule has 0 unspecified atom stereocenters. The molecule has 5 nitrogen and oxygen atoms in total. The molecule has 0 aliphatic carbocycles. The summed E-state index contributed by atoms with van der Waals surface area (Å²) >= 11 is 0. The van der Waals surface area contributed by atoms with Gasteiger partial charge in [-0.25, -0.2) is 9.59 Å². The number of aromatic carboxylic acids is 1. The molecule has 0 atom stereocenters. The number of nitrogens with zero attached hydrogens (tertiary/aromatic N) is 1. The quantitative estimate of drug-likeness (QED) is 0.651. The van der Waals surface area contributed by atoms with Crippen molar-refractivity contribution in [3.8, 4) is 11.8 Å². The molecule has 2 rings (SSSR count). The Kier molecular flexibility index (Phi) is 4.26. The van der Waals surface area contributed by atoms with E-state index in [1.54, 1.807) is 30.0 Å². The Labute approximate surface area is 117 Å². The molecule has 0 saturated carbocycles. The highest BCUT2D eigenvalue weighted by molar-refractivity contribution is 5.88. The fraction of sp³-hybridized carbons (Fsp3) is 0.333. The van der Waals surface area contributed by atoms with Crippen LogP contribution in [0, 0.1) is 11.8 Å². The summed E-state index contributed by atoms with van der Waals surface area (Å²) in [5, 5.41) is 11.8. The largest absolute Gasteiger partial charge is 0.478 e. The molecule has 0 aromatic heterocycles. The summed E-state index contributed by atoms with van der Waals surface area (Å²) in [7, 11) is 0. The van der Waals surface area contributed by atoms with Crippen molar-refractivity contribution >= 4 is 12.0 Å². The summed E-state index contributed by atoms with van der Waals surface area (Å²) in [6.45, 7) is 3.24. The molecule has 104 valence electrons. The molecule has 5 heteroatoms. The summed E-state index contributed by atoms with van der Waals surface area (Å²) in [4.78, 5) is 24.5. The van der Waals surface area contributed by atoms with Crippen molar-refractivity contribution in [2.24, 2.45) is 0 Å². The molecule has 0 bridgehead atoms. The van der Waals surface area contributed by atoms with Gasteiger partial charge in [0.2, 0.25) is 0 Å². The van der Waals surface area contributed by atoms with Crippen LogP contribution >= 0.6 is 0 Å². The van der Waals surface area contributed by atoms with Crippen molar-refractivity contribution in [1.29, 1.82) is 0 Å². The Morgan fingerprint density at radius 2 is 2.10 bits per heavy atom. The van der Waals surface area contributed by atoms with E-state index in [1.165, 1.54) is 0 Å². The normalized spacial score (nSPS) is 12.3. The van der Waals surface area contributed by atoms with E-state index in [-0.39, 0.29) is 11.6 Å². The number of hydrogen-bond donors (Lipinski definition) is 2. The number of urea groups is 1. The fourth-order valence-corrected chi connectivity index (χ4v) is 2.14. The minimum Gasteiger partial charge on any atom is -0.478 e. The minimum atomic E-state index is -0.950. The van der Waals surface area contributed by atoms with Gasteiger partial charge in [0.05, 0.1) is 5.56 Å². The number of hydrogen-bond acceptors (Lipinski definition) is 2. The number of rotatable bonds is 3. The summed E-state index contributed by atoms with van der Waals surface area (Å²) in [6, 6.07) is 4.83. The lowest BCUT2D eigenvalue weighted by atomic mass is 10.1. The van der Waals surface area contributed by atoms with Gasteiger partial charge >= 0.3 is 12.0 Å². The topological polar surface area (TPSA) is 69.6 Å². The Morgan fingerprint density at radius 3 is 2.80 bits per heavy atom. The van der Waals surface area contributed by atoms with E-state index in [9.17, 15) is 9.59 Å². The Bertz CT molecular complexity index is 599. The second-order valence-corrected chi connectivity index (χ2v) is 4.55. The summed E-state index contributed by atoms with van der Waals surface area (Å²) in [5.41, 5.74) is 2.15. The molecule has 0 spiro atoms. The molecule has 1 aliphatic rings. The summed E-state index contributed by atoms with van der Waals surface area (Å²) in [6.07, 6.45) is 0.631. The maximum atomic E-state index is 11.9. The predicted molar refractivity (Wildman–Crippen MR) is 74.1 cm³/mol. The monoisotopic (exact) mass is 272 g/mol. The Morgan fingerprint density at radius 1 is 1.35 bits per heavy atom. The first-order chi connectivity index (χ1) is 9.61. The molecule has 0 radical (unpaired) electrons. The van der Waals surface area contributed by atoms with Crippen LogP contribution in [0.15, 0.2) is 18.2 Å². The van der Waals surface area contributed by atoms with Gasteiger partial charge in [0.15, 0.2) is 0 Å². The third-order valence-corrected chi connectivity index (χ3v) is 3.17. The SMILES string of the molecule is CC#CCCNC(=O)N1Cc2ccc(C(=O)O)cc2C1. The van der Waals surface area contributed by atoms with E-state index in [2.05, 4.69) is 17.2 Å². The fourth-order valence-electron chi connectivity index (χ4n) is 2.14. The number of carboxylic acids is 1. The van der Waals surface area contributed by atoms with Crippen LogP contribution in [0.5, 0.6) is 0 Å². The number of carbonyl (C=O) groups excluding carboxylic acids is 1. The third kappa shape index (κ3) is 3.09. The first kappa shape index (κ1) is 13.9. The van der Waals surface area contributed by atoms with Gasteiger partial charge in [-0.05, 0) is 30.2 Å². The van der Waals surface area contributed by atoms with Crippen LogP contribution in [0.2, 0.25) is 0 Å².